The van der Waals surface area contributed by atoms with Crippen molar-refractivity contribution in [2.75, 3.05) is 0 Å². The monoisotopic (exact) mass is 601 g/mol. The van der Waals surface area contributed by atoms with Crippen LogP contribution in [0.3, 0.4) is 0 Å². The van der Waals surface area contributed by atoms with Gasteiger partial charge in [0.25, 0.3) is 0 Å². The Labute approximate surface area is 247 Å². The first kappa shape index (κ1) is 31.1. The Morgan fingerprint density at radius 1 is 0.674 bits per heavy atom. The number of hydrogen-bond acceptors (Lipinski definition) is 1. The molecule has 3 aromatic carbocycles. The fourth-order valence-corrected chi connectivity index (χ4v) is 6.99. The van der Waals surface area contributed by atoms with Gasteiger partial charge < -0.3 is 0 Å². The van der Waals surface area contributed by atoms with Gasteiger partial charge in [-0.05, 0) is 122 Å². The second-order valence-electron chi connectivity index (χ2n) is 12.1. The lowest BCUT2D eigenvalue weighted by atomic mass is 9.73. The first-order chi connectivity index (χ1) is 20.7. The molecule has 2 aliphatic carbocycles. The second kappa shape index (κ2) is 13.1. The number of halogens is 7. The summed E-state index contributed by atoms with van der Waals surface area (Å²) in [5, 5.41) is 8.92. The average molecular weight is 602 g/mol. The molecule has 1 atom stereocenters. The molecule has 0 saturated heterocycles. The minimum absolute atomic E-state index is 0.0142. The van der Waals surface area contributed by atoms with Crippen molar-refractivity contribution in [3.8, 4) is 6.07 Å². The van der Waals surface area contributed by atoms with Crippen LogP contribution in [0, 0.1) is 58.0 Å². The summed E-state index contributed by atoms with van der Waals surface area (Å²) in [6.45, 7) is 1.98. The Morgan fingerprint density at radius 3 is 1.98 bits per heavy atom. The third-order valence-electron chi connectivity index (χ3n) is 9.53. The number of rotatable bonds is 8. The standard InChI is InChI=1S/C35H34F7N/c1-2-3-4-22-12-13-23(30(37)29(22)36)7-5-19-6-15-26-27(17-19)34(41)35(42)28(32(26)39)21-10-8-20(9-11-21)25-16-14-24(18-43)31(38)33(25)40/h12-14,16,19-21H,2-11,15,17H2,1H3. The normalized spacial score (nSPS) is 20.1. The number of nitriles is 1. The summed E-state index contributed by atoms with van der Waals surface area (Å²) in [4.78, 5) is 0. The van der Waals surface area contributed by atoms with Crippen LogP contribution in [0.25, 0.3) is 0 Å². The molecule has 1 fully saturated rings. The molecule has 0 aromatic heterocycles. The molecule has 5 rings (SSSR count). The smallest absolute Gasteiger partial charge is 0.176 e. The molecule has 0 bridgehead atoms. The van der Waals surface area contributed by atoms with E-state index in [1.54, 1.807) is 18.2 Å². The zero-order chi connectivity index (χ0) is 30.8. The van der Waals surface area contributed by atoms with E-state index in [9.17, 15) is 17.6 Å². The van der Waals surface area contributed by atoms with Gasteiger partial charge in [0.1, 0.15) is 11.9 Å². The molecule has 0 radical (unpaired) electrons. The van der Waals surface area contributed by atoms with Crippen LogP contribution in [0.5, 0.6) is 0 Å². The molecule has 2 aliphatic rings. The van der Waals surface area contributed by atoms with Crippen LogP contribution in [0.1, 0.15) is 109 Å². The first-order valence-corrected chi connectivity index (χ1v) is 15.2. The van der Waals surface area contributed by atoms with Crippen molar-refractivity contribution < 1.29 is 30.7 Å². The molecule has 8 heteroatoms. The van der Waals surface area contributed by atoms with E-state index in [0.29, 0.717) is 37.7 Å². The van der Waals surface area contributed by atoms with Crippen LogP contribution in [-0.4, -0.2) is 0 Å². The maximum Gasteiger partial charge on any atom is 0.176 e. The lowest BCUT2D eigenvalue weighted by Gasteiger charge is -2.32. The third kappa shape index (κ3) is 6.05. The predicted octanol–water partition coefficient (Wildman–Crippen LogP) is 10.1. The summed E-state index contributed by atoms with van der Waals surface area (Å²) in [5.41, 5.74) is 0.251. The molecular weight excluding hydrogens is 567 g/mol. The molecular formula is C35H34F7N. The Bertz CT molecular complexity index is 1550. The molecule has 43 heavy (non-hydrogen) atoms. The molecule has 0 N–H and O–H groups in total. The molecule has 0 amide bonds. The van der Waals surface area contributed by atoms with E-state index in [0.717, 1.165) is 12.8 Å². The lowest BCUT2D eigenvalue weighted by molar-refractivity contribution is 0.348. The van der Waals surface area contributed by atoms with E-state index in [4.69, 9.17) is 5.26 Å². The van der Waals surface area contributed by atoms with Gasteiger partial charge in [-0.15, -0.1) is 0 Å². The highest BCUT2D eigenvalue weighted by atomic mass is 19.2. The van der Waals surface area contributed by atoms with Gasteiger partial charge in [-0.2, -0.15) is 5.26 Å². The van der Waals surface area contributed by atoms with Gasteiger partial charge in [0.2, 0.25) is 0 Å². The van der Waals surface area contributed by atoms with E-state index >= 15 is 13.2 Å². The zero-order valence-electron chi connectivity index (χ0n) is 24.1. The molecule has 1 saturated carbocycles. The van der Waals surface area contributed by atoms with Gasteiger partial charge in [-0.1, -0.05) is 31.5 Å². The maximum absolute atomic E-state index is 15.8. The van der Waals surface area contributed by atoms with E-state index in [1.807, 2.05) is 6.92 Å². The molecule has 1 unspecified atom stereocenters. The highest BCUT2D eigenvalue weighted by Crippen LogP contribution is 2.45. The van der Waals surface area contributed by atoms with Crippen LogP contribution in [-0.2, 0) is 25.7 Å². The largest absolute Gasteiger partial charge is 0.206 e. The van der Waals surface area contributed by atoms with Crippen LogP contribution in [0.2, 0.25) is 0 Å². The summed E-state index contributed by atoms with van der Waals surface area (Å²) in [6.07, 6.45) is 4.86. The van der Waals surface area contributed by atoms with Crippen LogP contribution >= 0.6 is 0 Å². The topological polar surface area (TPSA) is 23.8 Å². The summed E-state index contributed by atoms with van der Waals surface area (Å²) in [7, 11) is 0. The lowest BCUT2D eigenvalue weighted by Crippen LogP contribution is -2.23. The van der Waals surface area contributed by atoms with Crippen molar-refractivity contribution in [1.82, 2.24) is 0 Å². The average Bonchev–Trinajstić information content (AvgIpc) is 3.02. The second-order valence-corrected chi connectivity index (χ2v) is 12.1. The summed E-state index contributed by atoms with van der Waals surface area (Å²) in [6, 6.07) is 7.41. The Hall–Kier alpha value is -3.34. The van der Waals surface area contributed by atoms with E-state index in [1.165, 1.54) is 12.1 Å². The van der Waals surface area contributed by atoms with Crippen molar-refractivity contribution in [1.29, 1.82) is 5.26 Å². The zero-order valence-corrected chi connectivity index (χ0v) is 24.1. The quantitative estimate of drug-likeness (QED) is 0.186. The molecule has 228 valence electrons. The third-order valence-corrected chi connectivity index (χ3v) is 9.53. The van der Waals surface area contributed by atoms with Gasteiger partial charge in [0.15, 0.2) is 34.9 Å². The number of fused-ring (bicyclic) bond motifs is 1. The predicted molar refractivity (Wildman–Crippen MR) is 150 cm³/mol. The fourth-order valence-electron chi connectivity index (χ4n) is 6.99. The summed E-state index contributed by atoms with van der Waals surface area (Å²) >= 11 is 0. The number of unbranched alkanes of at least 4 members (excludes halogenated alkanes) is 1. The van der Waals surface area contributed by atoms with Crippen LogP contribution < -0.4 is 0 Å². The highest BCUT2D eigenvalue weighted by molar-refractivity contribution is 5.41. The Kier molecular flexibility index (Phi) is 9.48. The van der Waals surface area contributed by atoms with Gasteiger partial charge in [0, 0.05) is 5.56 Å². The minimum Gasteiger partial charge on any atom is -0.206 e. The fraction of sp³-hybridized carbons (Fsp3) is 0.457. The number of nitrogens with zero attached hydrogens (tertiary/aromatic N) is 1. The van der Waals surface area contributed by atoms with Crippen molar-refractivity contribution in [3.05, 3.63) is 104 Å². The van der Waals surface area contributed by atoms with Gasteiger partial charge in [-0.3, -0.25) is 0 Å². The van der Waals surface area contributed by atoms with E-state index < -0.39 is 46.6 Å². The number of benzene rings is 3. The van der Waals surface area contributed by atoms with Crippen molar-refractivity contribution in [2.24, 2.45) is 5.92 Å². The minimum atomic E-state index is -1.20. The molecule has 0 heterocycles. The van der Waals surface area contributed by atoms with Gasteiger partial charge in [-0.25, -0.2) is 30.7 Å². The van der Waals surface area contributed by atoms with Gasteiger partial charge in [0.05, 0.1) is 5.56 Å². The van der Waals surface area contributed by atoms with Crippen molar-refractivity contribution in [3.63, 3.8) is 0 Å². The van der Waals surface area contributed by atoms with Crippen LogP contribution in [0.4, 0.5) is 30.7 Å². The van der Waals surface area contributed by atoms with E-state index in [-0.39, 0.29) is 77.3 Å². The summed E-state index contributed by atoms with van der Waals surface area (Å²) < 4.78 is 104. The van der Waals surface area contributed by atoms with Gasteiger partial charge >= 0.3 is 0 Å². The van der Waals surface area contributed by atoms with Crippen LogP contribution in [0.15, 0.2) is 24.3 Å². The number of aryl methyl sites for hydroxylation is 2. The Morgan fingerprint density at radius 2 is 1.33 bits per heavy atom. The van der Waals surface area contributed by atoms with E-state index in [2.05, 4.69) is 0 Å². The molecule has 0 spiro atoms. The van der Waals surface area contributed by atoms with Crippen molar-refractivity contribution >= 4 is 0 Å². The maximum atomic E-state index is 15.8. The first-order valence-electron chi connectivity index (χ1n) is 15.2. The molecule has 3 aromatic rings. The highest BCUT2D eigenvalue weighted by Gasteiger charge is 2.35. The van der Waals surface area contributed by atoms with Crippen molar-refractivity contribution in [2.45, 2.75) is 95.8 Å². The molecule has 1 nitrogen and oxygen atoms in total. The molecule has 0 aliphatic heterocycles. The number of hydrogen-bond donors (Lipinski definition) is 0. The summed E-state index contributed by atoms with van der Waals surface area (Å²) in [5.74, 6) is -8.07. The Balaban J connectivity index is 1.27. The SMILES string of the molecule is CCCCc1ccc(CCC2CCc3c(F)c(C4CCC(c5ccc(C#N)c(F)c5F)CC4)c(F)c(F)c3C2)c(F)c1F.